The third-order valence-corrected chi connectivity index (χ3v) is 3.79. The standard InChI is InChI=1S/C16H19BrN2O/c1-11-4-6-14(7-5-11)20-10-13(3)19-16-8-12(2)15(17)9-18-16/h4-9,13H,10H2,1-3H3,(H,18,19). The zero-order valence-corrected chi connectivity index (χ0v) is 13.6. The third-order valence-electron chi connectivity index (χ3n) is 2.96. The van der Waals surface area contributed by atoms with Crippen molar-refractivity contribution in [3.8, 4) is 5.75 Å². The van der Waals surface area contributed by atoms with Crippen molar-refractivity contribution < 1.29 is 4.74 Å². The largest absolute Gasteiger partial charge is 0.491 e. The molecule has 20 heavy (non-hydrogen) atoms. The molecule has 2 aromatic rings. The second kappa shape index (κ2) is 6.75. The Hall–Kier alpha value is -1.55. The number of nitrogens with zero attached hydrogens (tertiary/aromatic N) is 1. The van der Waals surface area contributed by atoms with E-state index < -0.39 is 0 Å². The monoisotopic (exact) mass is 334 g/mol. The topological polar surface area (TPSA) is 34.1 Å². The van der Waals surface area contributed by atoms with Crippen LogP contribution >= 0.6 is 15.9 Å². The highest BCUT2D eigenvalue weighted by Crippen LogP contribution is 2.18. The lowest BCUT2D eigenvalue weighted by Gasteiger charge is -2.16. The number of hydrogen-bond acceptors (Lipinski definition) is 3. The van der Waals surface area contributed by atoms with Crippen LogP contribution in [0.2, 0.25) is 0 Å². The molecule has 0 saturated heterocycles. The molecule has 1 atom stereocenters. The van der Waals surface area contributed by atoms with Crippen molar-refractivity contribution in [2.75, 3.05) is 11.9 Å². The molecule has 1 unspecified atom stereocenters. The molecule has 0 aliphatic carbocycles. The van der Waals surface area contributed by atoms with Crippen LogP contribution in [0.1, 0.15) is 18.1 Å². The SMILES string of the molecule is Cc1ccc(OCC(C)Nc2cc(C)c(Br)cn2)cc1. The maximum absolute atomic E-state index is 5.75. The molecule has 3 nitrogen and oxygen atoms in total. The summed E-state index contributed by atoms with van der Waals surface area (Å²) in [5, 5.41) is 3.33. The summed E-state index contributed by atoms with van der Waals surface area (Å²) >= 11 is 3.45. The fourth-order valence-electron chi connectivity index (χ4n) is 1.77. The molecule has 0 amide bonds. The van der Waals surface area contributed by atoms with Gasteiger partial charge in [-0.1, -0.05) is 17.7 Å². The summed E-state index contributed by atoms with van der Waals surface area (Å²) < 4.78 is 6.77. The molecular weight excluding hydrogens is 316 g/mol. The van der Waals surface area contributed by atoms with Crippen LogP contribution in [0.15, 0.2) is 41.0 Å². The van der Waals surface area contributed by atoms with Crippen molar-refractivity contribution in [2.45, 2.75) is 26.8 Å². The van der Waals surface area contributed by atoms with Gasteiger partial charge in [0.1, 0.15) is 18.2 Å². The molecule has 1 heterocycles. The van der Waals surface area contributed by atoms with Gasteiger partial charge in [0.15, 0.2) is 0 Å². The van der Waals surface area contributed by atoms with Gasteiger partial charge in [-0.2, -0.15) is 0 Å². The predicted molar refractivity (Wildman–Crippen MR) is 86.4 cm³/mol. The number of benzene rings is 1. The Bertz CT molecular complexity index is 569. The first-order valence-electron chi connectivity index (χ1n) is 6.63. The lowest BCUT2D eigenvalue weighted by molar-refractivity contribution is 0.303. The number of rotatable bonds is 5. The van der Waals surface area contributed by atoms with Crippen molar-refractivity contribution in [1.82, 2.24) is 4.98 Å². The first kappa shape index (κ1) is 14.9. The van der Waals surface area contributed by atoms with E-state index in [2.05, 4.69) is 40.1 Å². The van der Waals surface area contributed by atoms with E-state index in [-0.39, 0.29) is 6.04 Å². The smallest absolute Gasteiger partial charge is 0.126 e. The number of halogens is 1. The normalized spacial score (nSPS) is 12.0. The van der Waals surface area contributed by atoms with Crippen molar-refractivity contribution in [3.63, 3.8) is 0 Å². The maximum atomic E-state index is 5.75. The van der Waals surface area contributed by atoms with Gasteiger partial charge < -0.3 is 10.1 Å². The van der Waals surface area contributed by atoms with Crippen LogP contribution in [0.5, 0.6) is 5.75 Å². The Kier molecular flexibility index (Phi) is 5.01. The Morgan fingerprint density at radius 2 is 1.95 bits per heavy atom. The van der Waals surface area contributed by atoms with Crippen molar-refractivity contribution in [3.05, 3.63) is 52.1 Å². The van der Waals surface area contributed by atoms with Gasteiger partial charge >= 0.3 is 0 Å². The van der Waals surface area contributed by atoms with Crippen molar-refractivity contribution in [1.29, 1.82) is 0 Å². The van der Waals surface area contributed by atoms with Gasteiger partial charge in [0.05, 0.1) is 6.04 Å². The second-order valence-electron chi connectivity index (χ2n) is 4.99. The van der Waals surface area contributed by atoms with Gasteiger partial charge in [0.25, 0.3) is 0 Å². The average molecular weight is 335 g/mol. The van der Waals surface area contributed by atoms with E-state index in [1.54, 1.807) is 0 Å². The Labute approximate surface area is 128 Å². The number of anilines is 1. The minimum absolute atomic E-state index is 0.185. The molecule has 0 saturated carbocycles. The van der Waals surface area contributed by atoms with Gasteiger partial charge in [-0.15, -0.1) is 0 Å². The quantitative estimate of drug-likeness (QED) is 0.883. The zero-order chi connectivity index (χ0) is 14.5. The number of hydrogen-bond donors (Lipinski definition) is 1. The maximum Gasteiger partial charge on any atom is 0.126 e. The lowest BCUT2D eigenvalue weighted by Crippen LogP contribution is -2.24. The number of pyridine rings is 1. The van der Waals surface area contributed by atoms with Crippen LogP contribution in [0.3, 0.4) is 0 Å². The molecule has 106 valence electrons. The summed E-state index contributed by atoms with van der Waals surface area (Å²) in [7, 11) is 0. The van der Waals surface area contributed by atoms with Crippen LogP contribution in [0, 0.1) is 13.8 Å². The molecule has 0 aliphatic rings. The number of aryl methyl sites for hydroxylation is 2. The van der Waals surface area contributed by atoms with Crippen LogP contribution in [0.4, 0.5) is 5.82 Å². The first-order valence-corrected chi connectivity index (χ1v) is 7.42. The van der Waals surface area contributed by atoms with Crippen molar-refractivity contribution >= 4 is 21.7 Å². The first-order chi connectivity index (χ1) is 9.54. The van der Waals surface area contributed by atoms with E-state index in [1.807, 2.05) is 43.5 Å². The molecule has 0 fully saturated rings. The third kappa shape index (κ3) is 4.23. The van der Waals surface area contributed by atoms with Gasteiger partial charge in [0.2, 0.25) is 0 Å². The molecule has 1 N–H and O–H groups in total. The van der Waals surface area contributed by atoms with E-state index in [9.17, 15) is 0 Å². The van der Waals surface area contributed by atoms with Crippen LogP contribution in [0.25, 0.3) is 0 Å². The van der Waals surface area contributed by atoms with Crippen molar-refractivity contribution in [2.24, 2.45) is 0 Å². The molecule has 1 aromatic carbocycles. The van der Waals surface area contributed by atoms with E-state index in [0.717, 1.165) is 21.6 Å². The molecule has 2 rings (SSSR count). The summed E-state index contributed by atoms with van der Waals surface area (Å²) in [6, 6.07) is 10.3. The average Bonchev–Trinajstić information content (AvgIpc) is 2.42. The Morgan fingerprint density at radius 1 is 1.25 bits per heavy atom. The minimum atomic E-state index is 0.185. The van der Waals surface area contributed by atoms with E-state index >= 15 is 0 Å². The zero-order valence-electron chi connectivity index (χ0n) is 12.0. The molecule has 1 aromatic heterocycles. The number of aromatic nitrogens is 1. The fourth-order valence-corrected chi connectivity index (χ4v) is 1.98. The van der Waals surface area contributed by atoms with Crippen LogP contribution in [-0.4, -0.2) is 17.6 Å². The van der Waals surface area contributed by atoms with Gasteiger partial charge in [-0.25, -0.2) is 4.98 Å². The highest BCUT2D eigenvalue weighted by Gasteiger charge is 2.05. The molecular formula is C16H19BrN2O. The summed E-state index contributed by atoms with van der Waals surface area (Å²) in [5.41, 5.74) is 2.40. The molecule has 0 spiro atoms. The number of ether oxygens (including phenoxy) is 1. The second-order valence-corrected chi connectivity index (χ2v) is 5.84. The summed E-state index contributed by atoms with van der Waals surface area (Å²) in [5.74, 6) is 1.76. The summed E-state index contributed by atoms with van der Waals surface area (Å²) in [6.07, 6.45) is 1.81. The van der Waals surface area contributed by atoms with Gasteiger partial charge in [-0.05, 0) is 60.5 Å². The van der Waals surface area contributed by atoms with E-state index in [1.165, 1.54) is 5.56 Å². The summed E-state index contributed by atoms with van der Waals surface area (Å²) in [4.78, 5) is 4.33. The predicted octanol–water partition coefficient (Wildman–Crippen LogP) is 4.34. The minimum Gasteiger partial charge on any atom is -0.491 e. The van der Waals surface area contributed by atoms with Crippen LogP contribution < -0.4 is 10.1 Å². The number of nitrogens with one attached hydrogen (secondary N) is 1. The van der Waals surface area contributed by atoms with Gasteiger partial charge in [0, 0.05) is 10.7 Å². The summed E-state index contributed by atoms with van der Waals surface area (Å²) in [6.45, 7) is 6.78. The fraction of sp³-hybridized carbons (Fsp3) is 0.312. The van der Waals surface area contributed by atoms with Gasteiger partial charge in [-0.3, -0.25) is 0 Å². The Morgan fingerprint density at radius 3 is 2.60 bits per heavy atom. The molecule has 0 bridgehead atoms. The molecule has 0 radical (unpaired) electrons. The molecule has 0 aliphatic heterocycles. The van der Waals surface area contributed by atoms with E-state index in [4.69, 9.17) is 4.74 Å². The Balaban J connectivity index is 1.87. The lowest BCUT2D eigenvalue weighted by atomic mass is 10.2. The van der Waals surface area contributed by atoms with Crippen LogP contribution in [-0.2, 0) is 0 Å². The van der Waals surface area contributed by atoms with E-state index in [0.29, 0.717) is 6.61 Å². The molecule has 4 heteroatoms. The highest BCUT2D eigenvalue weighted by atomic mass is 79.9. The highest BCUT2D eigenvalue weighted by molar-refractivity contribution is 9.10.